The molecule has 0 amide bonds. The molecular formula is C16H16O18. The lowest BCUT2D eigenvalue weighted by Crippen LogP contribution is -2.39. The summed E-state index contributed by atoms with van der Waals surface area (Å²) >= 11 is 0. The molecule has 2 fully saturated rings. The summed E-state index contributed by atoms with van der Waals surface area (Å²) in [6, 6.07) is 0. The molecule has 2 rings (SSSR count). The van der Waals surface area contributed by atoms with Gasteiger partial charge in [0.1, 0.15) is 23.7 Å². The summed E-state index contributed by atoms with van der Waals surface area (Å²) in [4.78, 5) is 85.9. The zero-order valence-electron chi connectivity index (χ0n) is 16.3. The van der Waals surface area contributed by atoms with Crippen LogP contribution in [-0.4, -0.2) is 113 Å². The minimum Gasteiger partial charge on any atom is -0.481 e. The van der Waals surface area contributed by atoms with Crippen LogP contribution in [0.25, 0.3) is 0 Å². The van der Waals surface area contributed by atoms with Gasteiger partial charge < -0.3 is 50.3 Å². The first kappa shape index (κ1) is 27.7. The molecule has 0 bridgehead atoms. The van der Waals surface area contributed by atoms with E-state index in [1.54, 1.807) is 0 Å². The molecule has 0 radical (unpaired) electrons. The highest BCUT2D eigenvalue weighted by atomic mass is 16.6. The van der Waals surface area contributed by atoms with Gasteiger partial charge >= 0.3 is 47.8 Å². The van der Waals surface area contributed by atoms with Gasteiger partial charge in [-0.3, -0.25) is 19.2 Å². The van der Waals surface area contributed by atoms with E-state index < -0.39 is 95.8 Å². The zero-order chi connectivity index (χ0) is 26.7. The average molecular weight is 496 g/mol. The Kier molecular flexibility index (Phi) is 8.58. The molecule has 2 aliphatic heterocycles. The van der Waals surface area contributed by atoms with Crippen LogP contribution in [0.4, 0.5) is 0 Å². The molecule has 0 saturated carbocycles. The van der Waals surface area contributed by atoms with Gasteiger partial charge in [-0.15, -0.1) is 0 Å². The first-order chi connectivity index (χ1) is 15.5. The largest absolute Gasteiger partial charge is 0.481 e. The summed E-state index contributed by atoms with van der Waals surface area (Å²) in [6.45, 7) is 0. The van der Waals surface area contributed by atoms with Crippen LogP contribution in [0.5, 0.6) is 0 Å². The zero-order valence-corrected chi connectivity index (χ0v) is 16.3. The molecule has 188 valence electrons. The normalized spacial score (nSPS) is 32.0. The molecule has 8 atom stereocenters. The Labute approximate surface area is 185 Å². The van der Waals surface area contributed by atoms with E-state index in [1.165, 1.54) is 0 Å². The molecule has 34 heavy (non-hydrogen) atoms. The monoisotopic (exact) mass is 496 g/mol. The van der Waals surface area contributed by atoms with E-state index in [0.717, 1.165) is 0 Å². The van der Waals surface area contributed by atoms with Crippen molar-refractivity contribution in [2.24, 2.45) is 23.7 Å². The van der Waals surface area contributed by atoms with Crippen molar-refractivity contribution in [3.8, 4) is 0 Å². The summed E-state index contributed by atoms with van der Waals surface area (Å²) < 4.78 is 8.94. The van der Waals surface area contributed by atoms with Gasteiger partial charge in [-0.2, -0.15) is 0 Å². The lowest BCUT2D eigenvalue weighted by Gasteiger charge is -2.13. The number of carbonyl (C=O) groups is 8. The molecule has 18 heteroatoms. The standard InChI is InChI=1S/2C8H8O9/c2*9-5(10)1-2(6(11)12)4(8(15)16)17-3(1)7(13)14/h2*1-4H,(H,9,10)(H,11,12)(H,13,14)(H,15,16). The predicted molar refractivity (Wildman–Crippen MR) is 92.4 cm³/mol. The van der Waals surface area contributed by atoms with Crippen LogP contribution in [0.3, 0.4) is 0 Å². The average Bonchev–Trinajstić information content (AvgIpc) is 3.28. The highest BCUT2D eigenvalue weighted by Gasteiger charge is 2.59. The fourth-order valence-electron chi connectivity index (χ4n) is 3.39. The summed E-state index contributed by atoms with van der Waals surface area (Å²) in [7, 11) is 0. The summed E-state index contributed by atoms with van der Waals surface area (Å²) in [5.41, 5.74) is 0. The van der Waals surface area contributed by atoms with Crippen LogP contribution in [0.2, 0.25) is 0 Å². The van der Waals surface area contributed by atoms with Gasteiger partial charge in [-0.1, -0.05) is 0 Å². The second-order valence-corrected chi connectivity index (χ2v) is 6.76. The van der Waals surface area contributed by atoms with Gasteiger partial charge in [0.15, 0.2) is 24.4 Å². The van der Waals surface area contributed by atoms with Crippen molar-refractivity contribution in [2.45, 2.75) is 24.4 Å². The van der Waals surface area contributed by atoms with Gasteiger partial charge in [0.25, 0.3) is 0 Å². The lowest BCUT2D eigenvalue weighted by atomic mass is 9.87. The van der Waals surface area contributed by atoms with E-state index in [0.29, 0.717) is 0 Å². The smallest absolute Gasteiger partial charge is 0.333 e. The Hall–Kier alpha value is -4.32. The van der Waals surface area contributed by atoms with E-state index in [9.17, 15) is 38.4 Å². The third-order valence-electron chi connectivity index (χ3n) is 4.78. The second kappa shape index (κ2) is 10.5. The van der Waals surface area contributed by atoms with Crippen molar-refractivity contribution >= 4 is 47.8 Å². The molecule has 2 aliphatic rings. The SMILES string of the molecule is O=C(O)C1OC(C(=O)O)C(C(=O)O)C1C(=O)O.O=C(O)C1OC(C(=O)O)C(C(=O)O)C1C(=O)O. The molecule has 0 aromatic carbocycles. The summed E-state index contributed by atoms with van der Waals surface area (Å²) in [6.07, 6.45) is -7.96. The number of hydrogen-bond acceptors (Lipinski definition) is 10. The van der Waals surface area contributed by atoms with Crippen LogP contribution >= 0.6 is 0 Å². The van der Waals surface area contributed by atoms with Crippen LogP contribution in [0, 0.1) is 23.7 Å². The third-order valence-corrected chi connectivity index (χ3v) is 4.78. The maximum atomic E-state index is 10.8. The minimum absolute atomic E-state index is 1.72. The Morgan fingerprint density at radius 1 is 0.324 bits per heavy atom. The van der Waals surface area contributed by atoms with Gasteiger partial charge in [0.05, 0.1) is 0 Å². The summed E-state index contributed by atoms with van der Waals surface area (Å²) in [5.74, 6) is -21.5. The first-order valence-corrected chi connectivity index (χ1v) is 8.67. The molecule has 2 heterocycles. The van der Waals surface area contributed by atoms with Gasteiger partial charge in [0, 0.05) is 0 Å². The lowest BCUT2D eigenvalue weighted by molar-refractivity contribution is -0.163. The van der Waals surface area contributed by atoms with E-state index in [2.05, 4.69) is 9.47 Å². The number of aliphatic carboxylic acids is 8. The van der Waals surface area contributed by atoms with E-state index >= 15 is 0 Å². The van der Waals surface area contributed by atoms with Crippen molar-refractivity contribution < 1.29 is 88.7 Å². The number of hydrogen-bond donors (Lipinski definition) is 8. The van der Waals surface area contributed by atoms with Gasteiger partial charge in [-0.25, -0.2) is 19.2 Å². The Morgan fingerprint density at radius 3 is 0.559 bits per heavy atom. The Balaban J connectivity index is 0.000000340. The fraction of sp³-hybridized carbons (Fsp3) is 0.500. The molecule has 0 aromatic rings. The summed E-state index contributed by atoms with van der Waals surface area (Å²) in [5, 5.41) is 69.6. The number of carboxylic acids is 8. The highest BCUT2D eigenvalue weighted by molar-refractivity contribution is 5.93. The molecule has 0 aromatic heterocycles. The van der Waals surface area contributed by atoms with E-state index in [4.69, 9.17) is 40.9 Å². The van der Waals surface area contributed by atoms with Crippen molar-refractivity contribution in [3.05, 3.63) is 0 Å². The van der Waals surface area contributed by atoms with Crippen molar-refractivity contribution in [3.63, 3.8) is 0 Å². The molecule has 0 spiro atoms. The highest BCUT2D eigenvalue weighted by Crippen LogP contribution is 2.35. The van der Waals surface area contributed by atoms with Crippen molar-refractivity contribution in [2.75, 3.05) is 0 Å². The van der Waals surface area contributed by atoms with Crippen molar-refractivity contribution in [1.82, 2.24) is 0 Å². The molecule has 0 aliphatic carbocycles. The van der Waals surface area contributed by atoms with Gasteiger partial charge in [0.2, 0.25) is 0 Å². The van der Waals surface area contributed by atoms with Crippen LogP contribution in [0.1, 0.15) is 0 Å². The van der Waals surface area contributed by atoms with E-state index in [-0.39, 0.29) is 0 Å². The predicted octanol–water partition coefficient (Wildman–Crippen LogP) is -3.35. The topological polar surface area (TPSA) is 317 Å². The fourth-order valence-corrected chi connectivity index (χ4v) is 3.39. The third kappa shape index (κ3) is 5.53. The number of ether oxygens (including phenoxy) is 2. The van der Waals surface area contributed by atoms with Crippen LogP contribution in [-0.2, 0) is 47.8 Å². The van der Waals surface area contributed by atoms with Crippen LogP contribution in [0.15, 0.2) is 0 Å². The van der Waals surface area contributed by atoms with E-state index in [1.807, 2.05) is 0 Å². The van der Waals surface area contributed by atoms with Crippen LogP contribution < -0.4 is 0 Å². The molecule has 8 unspecified atom stereocenters. The Morgan fingerprint density at radius 2 is 0.471 bits per heavy atom. The van der Waals surface area contributed by atoms with Gasteiger partial charge in [-0.05, 0) is 0 Å². The maximum Gasteiger partial charge on any atom is 0.333 e. The molecule has 2 saturated heterocycles. The maximum absolute atomic E-state index is 10.8. The van der Waals surface area contributed by atoms with Crippen molar-refractivity contribution in [1.29, 1.82) is 0 Å². The first-order valence-electron chi connectivity index (χ1n) is 8.67. The number of rotatable bonds is 8. The molecular weight excluding hydrogens is 480 g/mol. The minimum atomic E-state index is -1.99. The quantitative estimate of drug-likeness (QED) is 0.163. The molecule has 8 N–H and O–H groups in total. The molecule has 18 nitrogen and oxygen atoms in total. The second-order valence-electron chi connectivity index (χ2n) is 6.76. The Bertz CT molecular complexity index is 775. The number of carboxylic acid groups (broad SMARTS) is 8.